The van der Waals surface area contributed by atoms with Crippen molar-refractivity contribution in [2.24, 2.45) is 0 Å². The number of nitrogen functional groups attached to an aromatic ring is 1. The molecule has 0 saturated heterocycles. The Balaban J connectivity index is 2.27. The van der Waals surface area contributed by atoms with Gasteiger partial charge in [0.1, 0.15) is 17.1 Å². The van der Waals surface area contributed by atoms with E-state index in [9.17, 15) is 9.90 Å². The summed E-state index contributed by atoms with van der Waals surface area (Å²) in [6.07, 6.45) is 0. The molecule has 0 atom stereocenters. The largest absolute Gasteiger partial charge is 0.506 e. The van der Waals surface area contributed by atoms with Crippen molar-refractivity contribution < 1.29 is 14.6 Å². The van der Waals surface area contributed by atoms with Crippen LogP contribution in [0.25, 0.3) is 0 Å². The molecule has 2 aromatic rings. The fourth-order valence-corrected chi connectivity index (χ4v) is 2.64. The Morgan fingerprint density at radius 2 is 1.79 bits per heavy atom. The number of hydrogen-bond acceptors (Lipinski definition) is 4. The molecule has 3 N–H and O–H groups in total. The fourth-order valence-electron chi connectivity index (χ4n) is 1.42. The molecule has 2 rings (SSSR count). The Morgan fingerprint density at radius 1 is 1.16 bits per heavy atom. The predicted octanol–water partition coefficient (Wildman–Crippen LogP) is 3.72. The van der Waals surface area contributed by atoms with E-state index in [4.69, 9.17) is 10.5 Å². The fraction of sp³-hybridized carbons (Fsp3) is 0. The van der Waals surface area contributed by atoms with Gasteiger partial charge in [-0.1, -0.05) is 15.9 Å². The minimum Gasteiger partial charge on any atom is -0.506 e. The highest BCUT2D eigenvalue weighted by Gasteiger charge is 2.17. The van der Waals surface area contributed by atoms with E-state index in [-0.39, 0.29) is 11.3 Å². The van der Waals surface area contributed by atoms with E-state index < -0.39 is 5.97 Å². The number of halogens is 2. The van der Waals surface area contributed by atoms with Gasteiger partial charge in [0.25, 0.3) is 0 Å². The lowest BCUT2D eigenvalue weighted by Gasteiger charge is -2.08. The lowest BCUT2D eigenvalue weighted by Crippen LogP contribution is -2.09. The summed E-state index contributed by atoms with van der Waals surface area (Å²) in [5, 5.41) is 9.83. The van der Waals surface area contributed by atoms with Crippen LogP contribution < -0.4 is 10.5 Å². The molecular weight excluding hydrogens is 378 g/mol. The molecule has 0 heterocycles. The molecule has 0 spiro atoms. The van der Waals surface area contributed by atoms with Gasteiger partial charge in [0.05, 0.1) is 4.47 Å². The number of carbonyl (C=O) groups excluding carboxylic acids is 1. The van der Waals surface area contributed by atoms with E-state index in [0.29, 0.717) is 20.4 Å². The van der Waals surface area contributed by atoms with Gasteiger partial charge in [0.15, 0.2) is 0 Å². The van der Waals surface area contributed by atoms with Gasteiger partial charge >= 0.3 is 5.97 Å². The summed E-state index contributed by atoms with van der Waals surface area (Å²) >= 11 is 6.40. The van der Waals surface area contributed by atoms with E-state index >= 15 is 0 Å². The summed E-state index contributed by atoms with van der Waals surface area (Å²) in [7, 11) is 0. The number of hydrogen-bond donors (Lipinski definition) is 2. The summed E-state index contributed by atoms with van der Waals surface area (Å²) < 4.78 is 6.21. The molecule has 0 unspecified atom stereocenters. The SMILES string of the molecule is Nc1ccc(OC(=O)c2cc(Br)cc(Br)c2O)cc1. The summed E-state index contributed by atoms with van der Waals surface area (Å²) in [4.78, 5) is 12.0. The molecule has 0 aromatic heterocycles. The number of nitrogens with two attached hydrogens (primary N) is 1. The molecule has 98 valence electrons. The van der Waals surface area contributed by atoms with E-state index in [1.54, 1.807) is 30.3 Å². The van der Waals surface area contributed by atoms with Crippen LogP contribution in [-0.2, 0) is 0 Å². The first-order valence-corrected chi connectivity index (χ1v) is 6.81. The Labute approximate surface area is 126 Å². The van der Waals surface area contributed by atoms with Crippen molar-refractivity contribution in [3.8, 4) is 11.5 Å². The normalized spacial score (nSPS) is 10.2. The number of phenolic OH excluding ortho intramolecular Hbond substituents is 1. The van der Waals surface area contributed by atoms with Crippen molar-refractivity contribution in [3.63, 3.8) is 0 Å². The number of carbonyl (C=O) groups is 1. The van der Waals surface area contributed by atoms with Crippen molar-refractivity contribution >= 4 is 43.5 Å². The number of benzene rings is 2. The highest BCUT2D eigenvalue weighted by molar-refractivity contribution is 9.11. The molecular formula is C13H9Br2NO3. The average Bonchev–Trinajstić information content (AvgIpc) is 2.36. The van der Waals surface area contributed by atoms with Crippen LogP contribution >= 0.6 is 31.9 Å². The molecule has 6 heteroatoms. The minimum atomic E-state index is -0.649. The molecule has 0 saturated carbocycles. The summed E-state index contributed by atoms with van der Waals surface area (Å²) in [5.41, 5.74) is 6.18. The third-order valence-electron chi connectivity index (χ3n) is 2.34. The first-order valence-electron chi connectivity index (χ1n) is 5.23. The van der Waals surface area contributed by atoms with Gasteiger partial charge in [-0.3, -0.25) is 0 Å². The van der Waals surface area contributed by atoms with Crippen molar-refractivity contribution in [2.45, 2.75) is 0 Å². The maximum Gasteiger partial charge on any atom is 0.347 e. The molecule has 0 radical (unpaired) electrons. The number of esters is 1. The number of aromatic hydroxyl groups is 1. The van der Waals surface area contributed by atoms with Gasteiger partial charge < -0.3 is 15.6 Å². The predicted molar refractivity (Wildman–Crippen MR) is 79.3 cm³/mol. The molecule has 4 nitrogen and oxygen atoms in total. The topological polar surface area (TPSA) is 72.5 Å². The van der Waals surface area contributed by atoms with Crippen LogP contribution in [0.4, 0.5) is 5.69 Å². The molecule has 0 aliphatic carbocycles. The Morgan fingerprint density at radius 3 is 2.42 bits per heavy atom. The first kappa shape index (κ1) is 13.9. The Kier molecular flexibility index (Phi) is 4.11. The molecule has 0 aliphatic rings. The average molecular weight is 387 g/mol. The van der Waals surface area contributed by atoms with Gasteiger partial charge in [-0.2, -0.15) is 0 Å². The van der Waals surface area contributed by atoms with Crippen LogP contribution in [-0.4, -0.2) is 11.1 Å². The van der Waals surface area contributed by atoms with Crippen LogP contribution in [0.5, 0.6) is 11.5 Å². The number of anilines is 1. The van der Waals surface area contributed by atoms with Gasteiger partial charge in [0, 0.05) is 10.2 Å². The quantitative estimate of drug-likeness (QED) is 0.468. The highest BCUT2D eigenvalue weighted by atomic mass is 79.9. The van der Waals surface area contributed by atoms with Gasteiger partial charge in [-0.25, -0.2) is 4.79 Å². The van der Waals surface area contributed by atoms with Gasteiger partial charge in [0.2, 0.25) is 0 Å². The number of ether oxygens (including phenoxy) is 1. The maximum atomic E-state index is 12.0. The zero-order valence-corrected chi connectivity index (χ0v) is 12.7. The Hall–Kier alpha value is -1.53. The van der Waals surface area contributed by atoms with Gasteiger partial charge in [-0.15, -0.1) is 0 Å². The summed E-state index contributed by atoms with van der Waals surface area (Å²) in [6.45, 7) is 0. The second kappa shape index (κ2) is 5.63. The zero-order chi connectivity index (χ0) is 14.0. The summed E-state index contributed by atoms with van der Waals surface area (Å²) in [5.74, 6) is -0.456. The van der Waals surface area contributed by atoms with Crippen molar-refractivity contribution in [3.05, 3.63) is 50.9 Å². The summed E-state index contributed by atoms with van der Waals surface area (Å²) in [6, 6.07) is 9.53. The number of rotatable bonds is 2. The van der Waals surface area contributed by atoms with Crippen LogP contribution in [0, 0.1) is 0 Å². The standard InChI is InChI=1S/C13H9Br2NO3/c14-7-5-10(12(17)11(15)6-7)13(18)19-9-3-1-8(16)2-4-9/h1-6,17H,16H2. The molecule has 0 aliphatic heterocycles. The van der Waals surface area contributed by atoms with Crippen LogP contribution in [0.2, 0.25) is 0 Å². The molecule has 2 aromatic carbocycles. The van der Waals surface area contributed by atoms with Crippen molar-refractivity contribution in [1.29, 1.82) is 0 Å². The zero-order valence-electron chi connectivity index (χ0n) is 9.56. The number of phenols is 1. The maximum absolute atomic E-state index is 12.0. The minimum absolute atomic E-state index is 0.0677. The lowest BCUT2D eigenvalue weighted by atomic mass is 10.2. The van der Waals surface area contributed by atoms with Gasteiger partial charge in [-0.05, 0) is 52.3 Å². The van der Waals surface area contributed by atoms with Crippen LogP contribution in [0.15, 0.2) is 45.3 Å². The first-order chi connectivity index (χ1) is 8.97. The van der Waals surface area contributed by atoms with Crippen LogP contribution in [0.3, 0.4) is 0 Å². The smallest absolute Gasteiger partial charge is 0.347 e. The highest BCUT2D eigenvalue weighted by Crippen LogP contribution is 2.32. The second-order valence-corrected chi connectivity index (χ2v) is 5.51. The molecule has 0 amide bonds. The monoisotopic (exact) mass is 385 g/mol. The molecule has 0 fully saturated rings. The third-order valence-corrected chi connectivity index (χ3v) is 3.40. The van der Waals surface area contributed by atoms with Crippen molar-refractivity contribution in [1.82, 2.24) is 0 Å². The molecule has 19 heavy (non-hydrogen) atoms. The van der Waals surface area contributed by atoms with E-state index in [2.05, 4.69) is 31.9 Å². The van der Waals surface area contributed by atoms with Crippen LogP contribution in [0.1, 0.15) is 10.4 Å². The second-order valence-electron chi connectivity index (χ2n) is 3.74. The van der Waals surface area contributed by atoms with E-state index in [1.165, 1.54) is 6.07 Å². The third kappa shape index (κ3) is 3.27. The van der Waals surface area contributed by atoms with E-state index in [1.807, 2.05) is 0 Å². The lowest BCUT2D eigenvalue weighted by molar-refractivity contribution is 0.0731. The molecule has 0 bridgehead atoms. The van der Waals surface area contributed by atoms with E-state index in [0.717, 1.165) is 0 Å². The van der Waals surface area contributed by atoms with Crippen molar-refractivity contribution in [2.75, 3.05) is 5.73 Å². The Bertz CT molecular complexity index is 627.